The first-order valence-corrected chi connectivity index (χ1v) is 16.3. The molecular weight excluding hydrogens is 617 g/mol. The lowest BCUT2D eigenvalue weighted by atomic mass is 9.95. The molecule has 0 bridgehead atoms. The van der Waals surface area contributed by atoms with Gasteiger partial charge < -0.3 is 4.57 Å². The molecule has 3 heterocycles. The molecule has 1 aliphatic rings. The maximum atomic E-state index is 15.0. The predicted molar refractivity (Wildman–Crippen MR) is 197 cm³/mol. The number of nitriles is 1. The molecule has 0 unspecified atom stereocenters. The van der Waals surface area contributed by atoms with Crippen molar-refractivity contribution in [1.29, 1.82) is 5.26 Å². The minimum Gasteiger partial charge on any atom is -0.308 e. The molecule has 0 spiro atoms. The number of hydrogen-bond acceptors (Lipinski definition) is 4. The van der Waals surface area contributed by atoms with Gasteiger partial charge in [-0.25, -0.2) is 9.88 Å². The summed E-state index contributed by atoms with van der Waals surface area (Å²) in [5.41, 5.74) is 8.84. The monoisotopic (exact) mass is 642 g/mol. The average molecular weight is 643 g/mol. The Balaban J connectivity index is 1.28. The normalized spacial score (nSPS) is 12.4. The van der Waals surface area contributed by atoms with Gasteiger partial charge in [0.05, 0.1) is 39.2 Å². The summed E-state index contributed by atoms with van der Waals surface area (Å²) in [6, 6.07) is 52.7. The number of anilines is 1. The minimum absolute atomic E-state index is 0.332. The summed E-state index contributed by atoms with van der Waals surface area (Å²) in [5, 5.41) is 11.5. The van der Waals surface area contributed by atoms with Gasteiger partial charge in [0.25, 0.3) is 11.8 Å². The third-order valence-electron chi connectivity index (χ3n) is 9.40. The Morgan fingerprint density at radius 1 is 0.520 bits per heavy atom. The molecule has 2 amide bonds. The Hall–Kier alpha value is -7.10. The number of aromatic nitrogens is 2. The van der Waals surface area contributed by atoms with E-state index in [-0.39, 0.29) is 11.8 Å². The number of hydrogen-bond donors (Lipinski definition) is 0. The van der Waals surface area contributed by atoms with Crippen molar-refractivity contribution in [3.63, 3.8) is 0 Å². The number of rotatable bonds is 5. The van der Waals surface area contributed by atoms with Gasteiger partial charge in [0.2, 0.25) is 0 Å². The fourth-order valence-electron chi connectivity index (χ4n) is 7.19. The van der Waals surface area contributed by atoms with E-state index < -0.39 is 0 Å². The Bertz CT molecular complexity index is 2650. The number of carbonyl (C=O) groups is 2. The summed E-state index contributed by atoms with van der Waals surface area (Å²) >= 11 is 0. The van der Waals surface area contributed by atoms with Gasteiger partial charge in [-0.3, -0.25) is 9.59 Å². The van der Waals surface area contributed by atoms with Gasteiger partial charge in [0.1, 0.15) is 11.8 Å². The van der Waals surface area contributed by atoms with E-state index >= 15 is 0 Å². The maximum Gasteiger partial charge on any atom is 0.268 e. The summed E-state index contributed by atoms with van der Waals surface area (Å²) in [5.74, 6) is -0.752. The third-order valence-corrected chi connectivity index (χ3v) is 9.40. The molecule has 0 saturated heterocycles. The van der Waals surface area contributed by atoms with Crippen molar-refractivity contribution in [2.24, 2.45) is 0 Å². The first-order valence-electron chi connectivity index (χ1n) is 16.3. The van der Waals surface area contributed by atoms with Crippen molar-refractivity contribution in [3.8, 4) is 45.3 Å². The zero-order chi connectivity index (χ0) is 33.8. The molecule has 9 rings (SSSR count). The number of benzene rings is 6. The Kier molecular flexibility index (Phi) is 6.72. The van der Waals surface area contributed by atoms with Crippen LogP contribution in [-0.2, 0) is 0 Å². The first kappa shape index (κ1) is 29.1. The number of imide groups is 1. The summed E-state index contributed by atoms with van der Waals surface area (Å²) < 4.78 is 2.07. The highest BCUT2D eigenvalue weighted by atomic mass is 16.2. The zero-order valence-electron chi connectivity index (χ0n) is 26.6. The molecule has 234 valence electrons. The van der Waals surface area contributed by atoms with E-state index in [4.69, 9.17) is 0 Å². The zero-order valence-corrected chi connectivity index (χ0v) is 26.6. The van der Waals surface area contributed by atoms with Crippen molar-refractivity contribution in [2.75, 3.05) is 4.90 Å². The number of fused-ring (bicyclic) bond motifs is 4. The molecule has 50 heavy (non-hydrogen) atoms. The van der Waals surface area contributed by atoms with Crippen molar-refractivity contribution in [1.82, 2.24) is 9.55 Å². The maximum absolute atomic E-state index is 15.0. The number of nitrogens with zero attached hydrogens (tertiary/aromatic N) is 4. The second kappa shape index (κ2) is 11.6. The predicted octanol–water partition coefficient (Wildman–Crippen LogP) is 9.85. The van der Waals surface area contributed by atoms with Crippen LogP contribution in [0.2, 0.25) is 0 Å². The molecule has 6 heteroatoms. The molecule has 0 saturated carbocycles. The first-order chi connectivity index (χ1) is 24.6. The van der Waals surface area contributed by atoms with Gasteiger partial charge >= 0.3 is 0 Å². The van der Waals surface area contributed by atoms with Crippen LogP contribution in [0.1, 0.15) is 26.4 Å². The quantitative estimate of drug-likeness (QED) is 0.175. The SMILES string of the molecule is N#Cc1cccc(-c2ccc3c4ccccc4n(-c4cccc5c4C(=O)N(c4c(-c6ccccc6)cccc4-c4ccccc4)C5=O)c3c2)n1. The molecule has 0 fully saturated rings. The van der Waals surface area contributed by atoms with Crippen molar-refractivity contribution < 1.29 is 9.59 Å². The molecule has 8 aromatic rings. The highest BCUT2D eigenvalue weighted by Crippen LogP contribution is 2.45. The number of amides is 2. The van der Waals surface area contributed by atoms with E-state index in [0.29, 0.717) is 33.9 Å². The molecule has 6 aromatic carbocycles. The van der Waals surface area contributed by atoms with Crippen LogP contribution in [0.25, 0.3) is 61.0 Å². The van der Waals surface area contributed by atoms with Crippen LogP contribution in [0.15, 0.2) is 158 Å². The topological polar surface area (TPSA) is 79.0 Å². The summed E-state index contributed by atoms with van der Waals surface area (Å²) in [4.78, 5) is 35.5. The van der Waals surface area contributed by atoms with Crippen LogP contribution in [-0.4, -0.2) is 21.4 Å². The van der Waals surface area contributed by atoms with Gasteiger partial charge in [0, 0.05) is 27.5 Å². The Labute approximate surface area is 287 Å². The Morgan fingerprint density at radius 2 is 1.14 bits per heavy atom. The lowest BCUT2D eigenvalue weighted by Gasteiger charge is -2.23. The summed E-state index contributed by atoms with van der Waals surface area (Å²) in [6.07, 6.45) is 0. The van der Waals surface area contributed by atoms with Gasteiger partial charge in [0.15, 0.2) is 0 Å². The largest absolute Gasteiger partial charge is 0.308 e. The fourth-order valence-corrected chi connectivity index (χ4v) is 7.19. The number of pyridine rings is 1. The van der Waals surface area contributed by atoms with Crippen LogP contribution in [0.3, 0.4) is 0 Å². The van der Waals surface area contributed by atoms with Gasteiger partial charge in [-0.2, -0.15) is 5.26 Å². The highest BCUT2D eigenvalue weighted by Gasteiger charge is 2.41. The van der Waals surface area contributed by atoms with Crippen LogP contribution in [0.4, 0.5) is 5.69 Å². The van der Waals surface area contributed by atoms with Crippen molar-refractivity contribution in [2.45, 2.75) is 0 Å². The van der Waals surface area contributed by atoms with Gasteiger partial charge in [-0.1, -0.05) is 121 Å². The van der Waals surface area contributed by atoms with E-state index in [9.17, 15) is 14.9 Å². The van der Waals surface area contributed by atoms with E-state index in [1.54, 1.807) is 12.1 Å². The second-order valence-corrected chi connectivity index (χ2v) is 12.2. The average Bonchev–Trinajstić information content (AvgIpc) is 3.65. The highest BCUT2D eigenvalue weighted by molar-refractivity contribution is 6.37. The van der Waals surface area contributed by atoms with Crippen molar-refractivity contribution >= 4 is 39.3 Å². The van der Waals surface area contributed by atoms with Gasteiger partial charge in [-0.15, -0.1) is 0 Å². The van der Waals surface area contributed by atoms with Crippen LogP contribution < -0.4 is 4.90 Å². The van der Waals surface area contributed by atoms with Crippen LogP contribution in [0.5, 0.6) is 0 Å². The molecule has 0 N–H and O–H groups in total. The molecule has 0 aliphatic carbocycles. The molecule has 0 radical (unpaired) electrons. The third kappa shape index (κ3) is 4.45. The number of carbonyl (C=O) groups excluding carboxylic acids is 2. The summed E-state index contributed by atoms with van der Waals surface area (Å²) in [6.45, 7) is 0. The Morgan fingerprint density at radius 3 is 1.86 bits per heavy atom. The number of para-hydroxylation sites is 2. The van der Waals surface area contributed by atoms with E-state index in [2.05, 4.69) is 27.8 Å². The fraction of sp³-hybridized carbons (Fsp3) is 0. The molecule has 6 nitrogen and oxygen atoms in total. The van der Waals surface area contributed by atoms with Crippen LogP contribution >= 0.6 is 0 Å². The molecule has 2 aromatic heterocycles. The lowest BCUT2D eigenvalue weighted by Crippen LogP contribution is -2.30. The molecule has 1 aliphatic heterocycles. The van der Waals surface area contributed by atoms with Crippen LogP contribution in [0, 0.1) is 11.3 Å². The van der Waals surface area contributed by atoms with E-state index in [1.807, 2.05) is 133 Å². The molecule has 0 atom stereocenters. The smallest absolute Gasteiger partial charge is 0.268 e. The lowest BCUT2D eigenvalue weighted by molar-refractivity contribution is 0.0926. The molecular formula is C44H26N4O2. The van der Waals surface area contributed by atoms with E-state index in [1.165, 1.54) is 4.90 Å². The summed E-state index contributed by atoms with van der Waals surface area (Å²) in [7, 11) is 0. The van der Waals surface area contributed by atoms with Gasteiger partial charge in [-0.05, 0) is 47.5 Å². The van der Waals surface area contributed by atoms with Crippen molar-refractivity contribution in [3.05, 3.63) is 175 Å². The van der Waals surface area contributed by atoms with E-state index in [0.717, 1.165) is 49.6 Å². The second-order valence-electron chi connectivity index (χ2n) is 12.2. The minimum atomic E-state index is -0.383. The standard InChI is InChI=1S/C44H26N4O2/c45-27-31-16-9-21-37(46-31)30-24-25-35-34-17-7-8-22-38(34)47(40(35)26-30)39-23-11-20-36-41(39)44(50)48(43(36)49)42-32(28-12-3-1-4-13-28)18-10-19-33(42)29-14-5-2-6-15-29/h1-26H.